The fourth-order valence-corrected chi connectivity index (χ4v) is 2.46. The molecule has 7 nitrogen and oxygen atoms in total. The van der Waals surface area contributed by atoms with Crippen molar-refractivity contribution in [3.8, 4) is 0 Å². The van der Waals surface area contributed by atoms with E-state index in [1.807, 2.05) is 13.8 Å². The number of amides is 2. The summed E-state index contributed by atoms with van der Waals surface area (Å²) in [6.07, 6.45) is 1.45. The van der Waals surface area contributed by atoms with Crippen LogP contribution >= 0.6 is 0 Å². The summed E-state index contributed by atoms with van der Waals surface area (Å²) >= 11 is 0. The van der Waals surface area contributed by atoms with Crippen molar-refractivity contribution in [3.63, 3.8) is 0 Å². The van der Waals surface area contributed by atoms with Crippen LogP contribution in [0.4, 0.5) is 0 Å². The second kappa shape index (κ2) is 7.42. The van der Waals surface area contributed by atoms with Crippen LogP contribution in [0.15, 0.2) is 16.7 Å². The predicted octanol–water partition coefficient (Wildman–Crippen LogP) is 0.0207. The number of furan rings is 1. The first-order valence-corrected chi connectivity index (χ1v) is 7.58. The quantitative estimate of drug-likeness (QED) is 0.800. The Morgan fingerprint density at radius 1 is 1.32 bits per heavy atom. The molecule has 1 aliphatic rings. The minimum atomic E-state index is -0.0465. The average Bonchev–Trinajstić information content (AvgIpc) is 2.95. The Kier molecular flexibility index (Phi) is 5.57. The molecule has 0 unspecified atom stereocenters. The van der Waals surface area contributed by atoms with Gasteiger partial charge in [0.1, 0.15) is 12.0 Å². The third kappa shape index (κ3) is 4.32. The van der Waals surface area contributed by atoms with Crippen LogP contribution in [0.5, 0.6) is 0 Å². The topological polar surface area (TPSA) is 91.8 Å². The maximum atomic E-state index is 12.3. The van der Waals surface area contributed by atoms with Crippen LogP contribution in [0.3, 0.4) is 0 Å². The smallest absolute Gasteiger partial charge is 0.257 e. The van der Waals surface area contributed by atoms with Gasteiger partial charge in [-0.05, 0) is 19.9 Å². The Labute approximate surface area is 130 Å². The van der Waals surface area contributed by atoms with Gasteiger partial charge in [-0.15, -0.1) is 0 Å². The SMILES string of the molecule is CC(C)NC(=O)CN1CCN(C(=O)c2coc(CN)c2)CC1. The molecule has 1 saturated heterocycles. The molecule has 22 heavy (non-hydrogen) atoms. The summed E-state index contributed by atoms with van der Waals surface area (Å²) in [6, 6.07) is 1.83. The van der Waals surface area contributed by atoms with Gasteiger partial charge >= 0.3 is 0 Å². The van der Waals surface area contributed by atoms with Gasteiger partial charge in [-0.1, -0.05) is 0 Å². The second-order valence-electron chi connectivity index (χ2n) is 5.80. The van der Waals surface area contributed by atoms with E-state index in [0.29, 0.717) is 44.0 Å². The van der Waals surface area contributed by atoms with Crippen molar-refractivity contribution in [2.45, 2.75) is 26.4 Å². The number of nitrogens with two attached hydrogens (primary N) is 1. The molecule has 0 bridgehead atoms. The molecule has 1 aromatic rings. The molecule has 0 saturated carbocycles. The molecule has 1 aromatic heterocycles. The third-order valence-corrected chi connectivity index (χ3v) is 3.58. The van der Waals surface area contributed by atoms with Crippen molar-refractivity contribution in [2.24, 2.45) is 5.73 Å². The second-order valence-corrected chi connectivity index (χ2v) is 5.80. The number of nitrogens with zero attached hydrogens (tertiary/aromatic N) is 2. The van der Waals surface area contributed by atoms with E-state index in [-0.39, 0.29) is 24.4 Å². The van der Waals surface area contributed by atoms with E-state index in [0.717, 1.165) is 0 Å². The first kappa shape index (κ1) is 16.5. The zero-order valence-electron chi connectivity index (χ0n) is 13.2. The van der Waals surface area contributed by atoms with Crippen molar-refractivity contribution in [1.82, 2.24) is 15.1 Å². The molecule has 122 valence electrons. The van der Waals surface area contributed by atoms with Crippen LogP contribution in [-0.4, -0.2) is 60.4 Å². The van der Waals surface area contributed by atoms with Gasteiger partial charge in [0.05, 0.1) is 18.7 Å². The number of carbonyl (C=O) groups is 2. The lowest BCUT2D eigenvalue weighted by molar-refractivity contribution is -0.123. The standard InChI is InChI=1S/C15H24N4O3/c1-11(2)17-14(20)9-18-3-5-19(6-4-18)15(21)12-7-13(8-16)22-10-12/h7,10-11H,3-6,8-9,16H2,1-2H3,(H,17,20). The molecule has 0 atom stereocenters. The summed E-state index contributed by atoms with van der Waals surface area (Å²) in [5.74, 6) is 0.583. The third-order valence-electron chi connectivity index (χ3n) is 3.58. The number of rotatable bonds is 5. The molecule has 1 fully saturated rings. The number of piperazine rings is 1. The molecule has 7 heteroatoms. The van der Waals surface area contributed by atoms with E-state index < -0.39 is 0 Å². The highest BCUT2D eigenvalue weighted by Gasteiger charge is 2.24. The van der Waals surface area contributed by atoms with Crippen molar-refractivity contribution in [2.75, 3.05) is 32.7 Å². The lowest BCUT2D eigenvalue weighted by Gasteiger charge is -2.34. The van der Waals surface area contributed by atoms with Gasteiger partial charge < -0.3 is 20.4 Å². The molecule has 0 aromatic carbocycles. The Bertz CT molecular complexity index is 519. The molecule has 3 N–H and O–H groups in total. The summed E-state index contributed by atoms with van der Waals surface area (Å²) in [5, 5.41) is 2.87. The van der Waals surface area contributed by atoms with Gasteiger partial charge in [0.25, 0.3) is 5.91 Å². The van der Waals surface area contributed by atoms with E-state index in [4.69, 9.17) is 10.2 Å². The fraction of sp³-hybridized carbons (Fsp3) is 0.600. The van der Waals surface area contributed by atoms with Crippen LogP contribution in [0, 0.1) is 0 Å². The Morgan fingerprint density at radius 2 is 2.00 bits per heavy atom. The molecule has 2 heterocycles. The summed E-state index contributed by atoms with van der Waals surface area (Å²) in [4.78, 5) is 27.9. The first-order chi connectivity index (χ1) is 10.5. The lowest BCUT2D eigenvalue weighted by atomic mass is 10.2. The largest absolute Gasteiger partial charge is 0.467 e. The molecule has 0 radical (unpaired) electrons. The van der Waals surface area contributed by atoms with Gasteiger partial charge in [-0.3, -0.25) is 14.5 Å². The molecule has 2 amide bonds. The summed E-state index contributed by atoms with van der Waals surface area (Å²) in [6.45, 7) is 7.14. The molecular weight excluding hydrogens is 284 g/mol. The van der Waals surface area contributed by atoms with Gasteiger partial charge in [0.2, 0.25) is 5.91 Å². The van der Waals surface area contributed by atoms with E-state index in [2.05, 4.69) is 10.2 Å². The maximum Gasteiger partial charge on any atom is 0.257 e. The predicted molar refractivity (Wildman–Crippen MR) is 82.2 cm³/mol. The van der Waals surface area contributed by atoms with Crippen LogP contribution in [-0.2, 0) is 11.3 Å². The number of hydrogen-bond acceptors (Lipinski definition) is 5. The number of nitrogens with one attached hydrogen (secondary N) is 1. The Balaban J connectivity index is 1.81. The highest BCUT2D eigenvalue weighted by molar-refractivity contribution is 5.94. The summed E-state index contributed by atoms with van der Waals surface area (Å²) < 4.78 is 5.20. The maximum absolute atomic E-state index is 12.3. The molecular formula is C15H24N4O3. The van der Waals surface area contributed by atoms with Crippen molar-refractivity contribution in [1.29, 1.82) is 0 Å². The van der Waals surface area contributed by atoms with Crippen molar-refractivity contribution in [3.05, 3.63) is 23.7 Å². The van der Waals surface area contributed by atoms with E-state index >= 15 is 0 Å². The van der Waals surface area contributed by atoms with Gasteiger partial charge in [0.15, 0.2) is 0 Å². The molecule has 0 aliphatic carbocycles. The monoisotopic (exact) mass is 308 g/mol. The minimum Gasteiger partial charge on any atom is -0.467 e. The van der Waals surface area contributed by atoms with Crippen LogP contribution < -0.4 is 11.1 Å². The van der Waals surface area contributed by atoms with Gasteiger partial charge in [-0.2, -0.15) is 0 Å². The van der Waals surface area contributed by atoms with Crippen LogP contribution in [0.25, 0.3) is 0 Å². The molecule has 2 rings (SSSR count). The highest BCUT2D eigenvalue weighted by atomic mass is 16.3. The Morgan fingerprint density at radius 3 is 2.55 bits per heavy atom. The van der Waals surface area contributed by atoms with E-state index in [1.165, 1.54) is 6.26 Å². The van der Waals surface area contributed by atoms with Crippen molar-refractivity contribution >= 4 is 11.8 Å². The summed E-state index contributed by atoms with van der Waals surface area (Å²) in [7, 11) is 0. The number of hydrogen-bond donors (Lipinski definition) is 2. The average molecular weight is 308 g/mol. The van der Waals surface area contributed by atoms with Gasteiger partial charge in [0, 0.05) is 32.2 Å². The fourth-order valence-electron chi connectivity index (χ4n) is 2.46. The summed E-state index contributed by atoms with van der Waals surface area (Å²) in [5.41, 5.74) is 6.01. The first-order valence-electron chi connectivity index (χ1n) is 7.58. The molecule has 1 aliphatic heterocycles. The zero-order chi connectivity index (χ0) is 16.1. The lowest BCUT2D eigenvalue weighted by Crippen LogP contribution is -2.51. The highest BCUT2D eigenvalue weighted by Crippen LogP contribution is 2.12. The molecule has 0 spiro atoms. The zero-order valence-corrected chi connectivity index (χ0v) is 13.2. The van der Waals surface area contributed by atoms with Crippen LogP contribution in [0.2, 0.25) is 0 Å². The normalized spacial score (nSPS) is 16.1. The number of carbonyl (C=O) groups excluding carboxylic acids is 2. The van der Waals surface area contributed by atoms with Crippen LogP contribution in [0.1, 0.15) is 30.0 Å². The van der Waals surface area contributed by atoms with E-state index in [1.54, 1.807) is 11.0 Å². The van der Waals surface area contributed by atoms with E-state index in [9.17, 15) is 9.59 Å². The Hall–Kier alpha value is -1.86. The van der Waals surface area contributed by atoms with Crippen molar-refractivity contribution < 1.29 is 14.0 Å². The van der Waals surface area contributed by atoms with Gasteiger partial charge in [-0.25, -0.2) is 0 Å². The minimum absolute atomic E-state index is 0.0252.